The lowest BCUT2D eigenvalue weighted by molar-refractivity contribution is -0.141. The van der Waals surface area contributed by atoms with Crippen LogP contribution in [0.15, 0.2) is 24.0 Å². The van der Waals surface area contributed by atoms with E-state index >= 15 is 0 Å². The van der Waals surface area contributed by atoms with Gasteiger partial charge in [-0.15, -0.1) is 0 Å². The first kappa shape index (κ1) is 19.0. The molecule has 7 heteroatoms. The third kappa shape index (κ3) is 3.08. The van der Waals surface area contributed by atoms with Crippen molar-refractivity contribution in [3.05, 3.63) is 35.1 Å². The van der Waals surface area contributed by atoms with Crippen molar-refractivity contribution in [2.45, 2.75) is 38.9 Å². The number of carbonyl (C=O) groups excluding carboxylic acids is 2. The molecule has 144 valence electrons. The fraction of sp³-hybridized carbons (Fsp3) is 0.400. The van der Waals surface area contributed by atoms with Gasteiger partial charge in [0.25, 0.3) is 0 Å². The second kappa shape index (κ2) is 6.74. The maximum absolute atomic E-state index is 12.2. The van der Waals surface area contributed by atoms with Gasteiger partial charge < -0.3 is 24.1 Å². The van der Waals surface area contributed by atoms with Crippen LogP contribution in [-0.4, -0.2) is 42.8 Å². The molecule has 1 aromatic carbocycles. The number of aldehydes is 1. The number of aliphatic hydroxyl groups is 1. The van der Waals surface area contributed by atoms with Crippen molar-refractivity contribution in [2.75, 3.05) is 13.7 Å². The summed E-state index contributed by atoms with van der Waals surface area (Å²) in [5, 5.41) is 10.3. The van der Waals surface area contributed by atoms with E-state index in [0.29, 0.717) is 35.3 Å². The van der Waals surface area contributed by atoms with Crippen LogP contribution in [0.25, 0.3) is 5.57 Å². The van der Waals surface area contributed by atoms with Gasteiger partial charge in [-0.2, -0.15) is 0 Å². The fourth-order valence-electron chi connectivity index (χ4n) is 3.23. The average Bonchev–Trinajstić information content (AvgIpc) is 3.04. The number of rotatable bonds is 5. The molecule has 0 spiro atoms. The summed E-state index contributed by atoms with van der Waals surface area (Å²) in [7, 11) is 1.49. The highest BCUT2D eigenvalue weighted by molar-refractivity contribution is 6.09. The Bertz CT molecular complexity index is 858. The number of fused-ring (bicyclic) bond motifs is 2. The van der Waals surface area contributed by atoms with Crippen molar-refractivity contribution < 1.29 is 33.6 Å². The first-order valence-electron chi connectivity index (χ1n) is 8.59. The number of esters is 1. The Hall–Kier alpha value is -2.80. The molecule has 1 unspecified atom stereocenters. The van der Waals surface area contributed by atoms with Crippen molar-refractivity contribution in [3.8, 4) is 17.2 Å². The standard InChI is InChI=1S/C20H22O7/c1-6-25-19(22)18-12(9-21)10(2)16-14(27-18)8-13-11(17(16)24-5)7-15(26-13)20(3,4)23/h8-9,15,23H,2,6-7H2,1,3-5H3. The molecule has 0 radical (unpaired) electrons. The van der Waals surface area contributed by atoms with E-state index in [4.69, 9.17) is 18.9 Å². The van der Waals surface area contributed by atoms with Gasteiger partial charge in [0.1, 0.15) is 23.4 Å². The Morgan fingerprint density at radius 1 is 1.44 bits per heavy atom. The predicted octanol–water partition coefficient (Wildman–Crippen LogP) is 2.19. The SMILES string of the molecule is C=C1C(C=O)=C(C(=O)OCC)Oc2cc3c(c(OC)c21)CC(C(C)(C)O)O3. The zero-order chi connectivity index (χ0) is 19.9. The molecule has 0 saturated carbocycles. The molecule has 0 aromatic heterocycles. The molecule has 0 amide bonds. The van der Waals surface area contributed by atoms with Crippen LogP contribution < -0.4 is 14.2 Å². The molecule has 3 rings (SSSR count). The van der Waals surface area contributed by atoms with Gasteiger partial charge in [0, 0.05) is 18.1 Å². The molecule has 0 bridgehead atoms. The maximum atomic E-state index is 12.2. The van der Waals surface area contributed by atoms with E-state index in [1.54, 1.807) is 26.8 Å². The van der Waals surface area contributed by atoms with E-state index in [2.05, 4.69) is 6.58 Å². The summed E-state index contributed by atoms with van der Waals surface area (Å²) in [5.74, 6) is 0.245. The molecule has 2 aliphatic heterocycles. The van der Waals surface area contributed by atoms with Gasteiger partial charge in [-0.05, 0) is 26.3 Å². The summed E-state index contributed by atoms with van der Waals surface area (Å²) in [6.45, 7) is 9.08. The number of carbonyl (C=O) groups is 2. The summed E-state index contributed by atoms with van der Waals surface area (Å²) < 4.78 is 22.1. The second-order valence-corrected chi connectivity index (χ2v) is 6.89. The van der Waals surface area contributed by atoms with Gasteiger partial charge in [-0.1, -0.05) is 6.58 Å². The van der Waals surface area contributed by atoms with Crippen molar-refractivity contribution in [3.63, 3.8) is 0 Å². The van der Waals surface area contributed by atoms with Crippen LogP contribution in [0.4, 0.5) is 0 Å². The van der Waals surface area contributed by atoms with E-state index in [1.807, 2.05) is 0 Å². The zero-order valence-corrected chi connectivity index (χ0v) is 15.8. The van der Waals surface area contributed by atoms with Gasteiger partial charge in [0.2, 0.25) is 5.76 Å². The third-order valence-corrected chi connectivity index (χ3v) is 4.62. The minimum absolute atomic E-state index is 0.0113. The molecule has 2 heterocycles. The first-order chi connectivity index (χ1) is 12.7. The largest absolute Gasteiger partial charge is 0.496 e. The zero-order valence-electron chi connectivity index (χ0n) is 15.8. The molecule has 0 saturated heterocycles. The fourth-order valence-corrected chi connectivity index (χ4v) is 3.23. The van der Waals surface area contributed by atoms with Crippen LogP contribution in [-0.2, 0) is 20.7 Å². The normalized spacial score (nSPS) is 18.3. The summed E-state index contributed by atoms with van der Waals surface area (Å²) in [5.41, 5.74) is 0.479. The van der Waals surface area contributed by atoms with Gasteiger partial charge >= 0.3 is 5.97 Å². The van der Waals surface area contributed by atoms with Crippen LogP contribution in [0, 0.1) is 0 Å². The van der Waals surface area contributed by atoms with Crippen molar-refractivity contribution >= 4 is 17.8 Å². The Balaban J connectivity index is 2.12. The van der Waals surface area contributed by atoms with Crippen LogP contribution in [0.5, 0.6) is 17.2 Å². The van der Waals surface area contributed by atoms with Crippen molar-refractivity contribution in [2.24, 2.45) is 0 Å². The van der Waals surface area contributed by atoms with Crippen LogP contribution >= 0.6 is 0 Å². The molecule has 1 N–H and O–H groups in total. The topological polar surface area (TPSA) is 91.3 Å². The molecule has 7 nitrogen and oxygen atoms in total. The first-order valence-corrected chi connectivity index (χ1v) is 8.59. The minimum atomic E-state index is -1.06. The Morgan fingerprint density at radius 3 is 2.70 bits per heavy atom. The molecular weight excluding hydrogens is 352 g/mol. The van der Waals surface area contributed by atoms with Crippen molar-refractivity contribution in [1.82, 2.24) is 0 Å². The van der Waals surface area contributed by atoms with E-state index in [0.717, 1.165) is 5.56 Å². The lowest BCUT2D eigenvalue weighted by atomic mass is 9.90. The molecule has 0 fully saturated rings. The number of ether oxygens (including phenoxy) is 4. The van der Waals surface area contributed by atoms with Crippen molar-refractivity contribution in [1.29, 1.82) is 0 Å². The number of allylic oxidation sites excluding steroid dienone is 2. The molecule has 2 aliphatic rings. The molecule has 1 aromatic rings. The quantitative estimate of drug-likeness (QED) is 0.624. The number of methoxy groups -OCH3 is 1. The smallest absolute Gasteiger partial charge is 0.375 e. The van der Waals surface area contributed by atoms with E-state index in [1.165, 1.54) is 7.11 Å². The van der Waals surface area contributed by atoms with Crippen LogP contribution in [0.1, 0.15) is 31.9 Å². The molecular formula is C20H22O7. The van der Waals surface area contributed by atoms with Gasteiger partial charge in [-0.3, -0.25) is 4.79 Å². The van der Waals surface area contributed by atoms with E-state index < -0.39 is 17.7 Å². The highest BCUT2D eigenvalue weighted by Crippen LogP contribution is 2.50. The highest BCUT2D eigenvalue weighted by Gasteiger charge is 2.40. The summed E-state index contributed by atoms with van der Waals surface area (Å²) in [4.78, 5) is 23.8. The van der Waals surface area contributed by atoms with E-state index in [-0.39, 0.29) is 23.7 Å². The number of hydrogen-bond donors (Lipinski definition) is 1. The number of benzene rings is 1. The Morgan fingerprint density at radius 2 is 2.15 bits per heavy atom. The van der Waals surface area contributed by atoms with Gasteiger partial charge in [-0.25, -0.2) is 4.79 Å². The predicted molar refractivity (Wildman–Crippen MR) is 96.8 cm³/mol. The summed E-state index contributed by atoms with van der Waals surface area (Å²) in [6, 6.07) is 1.62. The average molecular weight is 374 g/mol. The summed E-state index contributed by atoms with van der Waals surface area (Å²) in [6.07, 6.45) is 0.467. The molecule has 0 aliphatic carbocycles. The van der Waals surface area contributed by atoms with Crippen LogP contribution in [0.2, 0.25) is 0 Å². The third-order valence-electron chi connectivity index (χ3n) is 4.62. The minimum Gasteiger partial charge on any atom is -0.496 e. The maximum Gasteiger partial charge on any atom is 0.375 e. The number of hydrogen-bond acceptors (Lipinski definition) is 7. The molecule has 27 heavy (non-hydrogen) atoms. The lowest BCUT2D eigenvalue weighted by Gasteiger charge is -2.25. The van der Waals surface area contributed by atoms with Gasteiger partial charge in [0.15, 0.2) is 6.29 Å². The van der Waals surface area contributed by atoms with E-state index in [9.17, 15) is 14.7 Å². The Labute approximate surface area is 157 Å². The van der Waals surface area contributed by atoms with Gasteiger partial charge in [0.05, 0.1) is 30.5 Å². The monoisotopic (exact) mass is 374 g/mol. The molecule has 1 atom stereocenters. The Kier molecular flexibility index (Phi) is 4.73. The highest BCUT2D eigenvalue weighted by atomic mass is 16.6. The second-order valence-electron chi connectivity index (χ2n) is 6.89. The van der Waals surface area contributed by atoms with Crippen LogP contribution in [0.3, 0.4) is 0 Å². The summed E-state index contributed by atoms with van der Waals surface area (Å²) >= 11 is 0. The lowest BCUT2D eigenvalue weighted by Crippen LogP contribution is -2.39.